The van der Waals surface area contributed by atoms with Crippen LogP contribution in [0.5, 0.6) is 0 Å². The lowest BCUT2D eigenvalue weighted by atomic mass is 10.2. The maximum atomic E-state index is 11.6. The quantitative estimate of drug-likeness (QED) is 0.513. The lowest BCUT2D eigenvalue weighted by molar-refractivity contribution is -0.132. The molecule has 1 unspecified atom stereocenters. The van der Waals surface area contributed by atoms with E-state index in [0.29, 0.717) is 0 Å². The van der Waals surface area contributed by atoms with Gasteiger partial charge in [-0.1, -0.05) is 0 Å². The molecule has 17 heavy (non-hydrogen) atoms. The van der Waals surface area contributed by atoms with E-state index in [9.17, 15) is 14.4 Å². The van der Waals surface area contributed by atoms with E-state index in [2.05, 4.69) is 5.32 Å². The molecule has 0 aromatic rings. The molecule has 0 spiro atoms. The van der Waals surface area contributed by atoms with E-state index in [1.54, 1.807) is 4.90 Å². The normalized spacial score (nSPS) is 16.6. The van der Waals surface area contributed by atoms with Gasteiger partial charge in [-0.15, -0.1) is 0 Å². The Labute approximate surface area is 99.5 Å². The number of primary amides is 1. The van der Waals surface area contributed by atoms with Gasteiger partial charge in [0.15, 0.2) is 0 Å². The van der Waals surface area contributed by atoms with Crippen molar-refractivity contribution in [3.63, 3.8) is 0 Å². The Hall–Kier alpha value is -1.63. The predicted octanol–water partition coefficient (Wildman–Crippen LogP) is -2.07. The summed E-state index contributed by atoms with van der Waals surface area (Å²) in [4.78, 5) is 35.2. The van der Waals surface area contributed by atoms with Crippen LogP contribution in [0.1, 0.15) is 19.3 Å². The minimum absolute atomic E-state index is 0.0781. The van der Waals surface area contributed by atoms with E-state index in [1.165, 1.54) is 0 Å². The van der Waals surface area contributed by atoms with Crippen molar-refractivity contribution in [3.05, 3.63) is 0 Å². The van der Waals surface area contributed by atoms with Crippen LogP contribution in [0.3, 0.4) is 0 Å². The molecule has 7 heteroatoms. The Bertz CT molecular complexity index is 313. The molecule has 1 heterocycles. The first-order valence-corrected chi connectivity index (χ1v) is 5.60. The zero-order chi connectivity index (χ0) is 12.8. The molecule has 1 aliphatic heterocycles. The second-order valence-electron chi connectivity index (χ2n) is 4.08. The van der Waals surface area contributed by atoms with Crippen LogP contribution in [0.2, 0.25) is 0 Å². The summed E-state index contributed by atoms with van der Waals surface area (Å²) in [5, 5.41) is 2.40. The van der Waals surface area contributed by atoms with E-state index in [4.69, 9.17) is 11.5 Å². The van der Waals surface area contributed by atoms with Crippen LogP contribution in [-0.4, -0.2) is 48.3 Å². The van der Waals surface area contributed by atoms with Crippen molar-refractivity contribution in [2.45, 2.75) is 25.3 Å². The van der Waals surface area contributed by atoms with Crippen molar-refractivity contribution in [3.8, 4) is 0 Å². The number of carbonyl (C=O) groups is 3. The Morgan fingerprint density at radius 2 is 1.82 bits per heavy atom. The fourth-order valence-electron chi connectivity index (χ4n) is 1.68. The highest BCUT2D eigenvalue weighted by Crippen LogP contribution is 2.06. The van der Waals surface area contributed by atoms with Crippen molar-refractivity contribution in [2.24, 2.45) is 11.5 Å². The van der Waals surface area contributed by atoms with Gasteiger partial charge in [-0.05, 0) is 12.8 Å². The summed E-state index contributed by atoms with van der Waals surface area (Å²) in [6, 6.07) is -0.987. The molecule has 7 nitrogen and oxygen atoms in total. The number of amides is 3. The Morgan fingerprint density at radius 1 is 1.24 bits per heavy atom. The molecule has 5 N–H and O–H groups in total. The lowest BCUT2D eigenvalue weighted by Gasteiger charge is -2.16. The average Bonchev–Trinajstić information content (AvgIpc) is 2.77. The van der Waals surface area contributed by atoms with Gasteiger partial charge in [0.2, 0.25) is 17.7 Å². The minimum atomic E-state index is -0.987. The molecule has 1 aliphatic rings. The Balaban J connectivity index is 2.27. The van der Waals surface area contributed by atoms with Crippen LogP contribution in [0, 0.1) is 0 Å². The summed E-state index contributed by atoms with van der Waals surface area (Å²) in [7, 11) is 0. The first-order valence-electron chi connectivity index (χ1n) is 5.60. The van der Waals surface area contributed by atoms with Gasteiger partial charge in [-0.3, -0.25) is 14.4 Å². The Kier molecular flexibility index (Phi) is 4.89. The van der Waals surface area contributed by atoms with E-state index in [1.807, 2.05) is 0 Å². The fraction of sp³-hybridized carbons (Fsp3) is 0.700. The van der Waals surface area contributed by atoms with Crippen LogP contribution in [-0.2, 0) is 14.4 Å². The van der Waals surface area contributed by atoms with Crippen molar-refractivity contribution in [2.75, 3.05) is 19.6 Å². The monoisotopic (exact) mass is 242 g/mol. The van der Waals surface area contributed by atoms with Gasteiger partial charge in [0.05, 0.1) is 19.0 Å². The van der Waals surface area contributed by atoms with Crippen molar-refractivity contribution < 1.29 is 14.4 Å². The maximum Gasteiger partial charge on any atom is 0.241 e. The third-order valence-electron chi connectivity index (χ3n) is 2.63. The molecule has 1 rings (SSSR count). The highest BCUT2D eigenvalue weighted by molar-refractivity contribution is 5.90. The summed E-state index contributed by atoms with van der Waals surface area (Å²) in [5.74, 6) is -1.29. The SMILES string of the molecule is NC(=O)CC(N)C(=O)NCC(=O)N1CCCC1. The number of carbonyl (C=O) groups excluding carboxylic acids is 3. The van der Waals surface area contributed by atoms with Crippen LogP contribution in [0.25, 0.3) is 0 Å². The third-order valence-corrected chi connectivity index (χ3v) is 2.63. The van der Waals surface area contributed by atoms with Crippen molar-refractivity contribution in [1.29, 1.82) is 0 Å². The summed E-state index contributed by atoms with van der Waals surface area (Å²) in [5.41, 5.74) is 10.3. The molecule has 1 atom stereocenters. The van der Waals surface area contributed by atoms with Crippen molar-refractivity contribution in [1.82, 2.24) is 10.2 Å². The zero-order valence-electron chi connectivity index (χ0n) is 9.65. The molecule has 0 saturated carbocycles. The van der Waals surface area contributed by atoms with Crippen LogP contribution in [0.15, 0.2) is 0 Å². The number of nitrogens with two attached hydrogens (primary N) is 2. The van der Waals surface area contributed by atoms with Gasteiger partial charge < -0.3 is 21.7 Å². The van der Waals surface area contributed by atoms with Gasteiger partial charge in [0.25, 0.3) is 0 Å². The molecule has 1 saturated heterocycles. The summed E-state index contributed by atoms with van der Waals surface area (Å²) in [6.07, 6.45) is 1.78. The summed E-state index contributed by atoms with van der Waals surface area (Å²) < 4.78 is 0. The van der Waals surface area contributed by atoms with Crippen LogP contribution in [0.4, 0.5) is 0 Å². The standard InChI is InChI=1S/C10H18N4O3/c11-7(5-8(12)15)10(17)13-6-9(16)14-3-1-2-4-14/h7H,1-6,11H2,(H2,12,15)(H,13,17). The fourth-order valence-corrected chi connectivity index (χ4v) is 1.68. The second-order valence-corrected chi connectivity index (χ2v) is 4.08. The van der Waals surface area contributed by atoms with Crippen molar-refractivity contribution >= 4 is 17.7 Å². The zero-order valence-corrected chi connectivity index (χ0v) is 9.65. The smallest absolute Gasteiger partial charge is 0.241 e. The molecule has 96 valence electrons. The number of nitrogens with zero attached hydrogens (tertiary/aromatic N) is 1. The van der Waals surface area contributed by atoms with Gasteiger partial charge in [-0.2, -0.15) is 0 Å². The molecule has 3 amide bonds. The molecule has 0 radical (unpaired) electrons. The summed E-state index contributed by atoms with van der Waals surface area (Å²) >= 11 is 0. The first-order chi connectivity index (χ1) is 8.00. The number of hydrogen-bond acceptors (Lipinski definition) is 4. The van der Waals surface area contributed by atoms with E-state index in [-0.39, 0.29) is 18.9 Å². The molecular formula is C10H18N4O3. The number of nitrogens with one attached hydrogen (secondary N) is 1. The highest BCUT2D eigenvalue weighted by Gasteiger charge is 2.20. The summed E-state index contributed by atoms with van der Waals surface area (Å²) in [6.45, 7) is 1.40. The molecule has 0 aromatic carbocycles. The van der Waals surface area contributed by atoms with E-state index in [0.717, 1.165) is 25.9 Å². The average molecular weight is 242 g/mol. The van der Waals surface area contributed by atoms with E-state index < -0.39 is 17.9 Å². The molecule has 0 bridgehead atoms. The van der Waals surface area contributed by atoms with Crippen LogP contribution >= 0.6 is 0 Å². The lowest BCUT2D eigenvalue weighted by Crippen LogP contribution is -2.46. The van der Waals surface area contributed by atoms with Gasteiger partial charge in [0, 0.05) is 13.1 Å². The largest absolute Gasteiger partial charge is 0.370 e. The molecule has 1 fully saturated rings. The number of likely N-dealkylation sites (tertiary alicyclic amines) is 1. The maximum absolute atomic E-state index is 11.6. The third kappa shape index (κ3) is 4.39. The van der Waals surface area contributed by atoms with E-state index >= 15 is 0 Å². The number of rotatable bonds is 5. The molecule has 0 aromatic heterocycles. The number of hydrogen-bond donors (Lipinski definition) is 3. The molecular weight excluding hydrogens is 224 g/mol. The predicted molar refractivity (Wildman–Crippen MR) is 60.6 cm³/mol. The van der Waals surface area contributed by atoms with Gasteiger partial charge >= 0.3 is 0 Å². The Morgan fingerprint density at radius 3 is 2.35 bits per heavy atom. The second kappa shape index (κ2) is 6.19. The van der Waals surface area contributed by atoms with Gasteiger partial charge in [0.1, 0.15) is 0 Å². The van der Waals surface area contributed by atoms with Crippen LogP contribution < -0.4 is 16.8 Å². The highest BCUT2D eigenvalue weighted by atomic mass is 16.2. The van der Waals surface area contributed by atoms with Gasteiger partial charge in [-0.25, -0.2) is 0 Å². The minimum Gasteiger partial charge on any atom is -0.370 e. The topological polar surface area (TPSA) is 119 Å². The molecule has 0 aliphatic carbocycles. The first kappa shape index (κ1) is 13.4.